The first-order chi connectivity index (χ1) is 10.2. The first-order valence-electron chi connectivity index (χ1n) is 7.57. The predicted octanol–water partition coefficient (Wildman–Crippen LogP) is 1.09. The second kappa shape index (κ2) is 7.38. The van der Waals surface area contributed by atoms with Crippen molar-refractivity contribution >= 4 is 5.84 Å². The van der Waals surface area contributed by atoms with Gasteiger partial charge < -0.3 is 10.9 Å². The van der Waals surface area contributed by atoms with E-state index in [1.165, 1.54) is 6.42 Å². The van der Waals surface area contributed by atoms with Crippen molar-refractivity contribution in [2.24, 2.45) is 10.9 Å². The van der Waals surface area contributed by atoms with Crippen LogP contribution in [0.15, 0.2) is 23.5 Å². The lowest BCUT2D eigenvalue weighted by Gasteiger charge is -2.26. The number of hydrogen-bond donors (Lipinski definition) is 2. The second-order valence-corrected chi connectivity index (χ2v) is 5.43. The highest BCUT2D eigenvalue weighted by Gasteiger charge is 2.25. The van der Waals surface area contributed by atoms with Crippen LogP contribution in [0.25, 0.3) is 0 Å². The van der Waals surface area contributed by atoms with Gasteiger partial charge in [-0.25, -0.2) is 0 Å². The number of aromatic nitrogens is 1. The summed E-state index contributed by atoms with van der Waals surface area (Å²) >= 11 is 0. The fourth-order valence-corrected chi connectivity index (χ4v) is 3.02. The Labute approximate surface area is 126 Å². The first-order valence-corrected chi connectivity index (χ1v) is 7.57. The number of likely N-dealkylation sites (N-methyl/N-ethyl adjacent to an activating group) is 1. The van der Waals surface area contributed by atoms with Crippen LogP contribution in [0.2, 0.25) is 0 Å². The molecular formula is C15H25N5O. The fourth-order valence-electron chi connectivity index (χ4n) is 3.02. The molecule has 1 atom stereocenters. The molecule has 1 aromatic rings. The summed E-state index contributed by atoms with van der Waals surface area (Å²) in [6, 6.07) is 4.53. The molecule has 0 amide bonds. The van der Waals surface area contributed by atoms with Crippen molar-refractivity contribution in [1.82, 2.24) is 14.8 Å². The minimum Gasteiger partial charge on any atom is -0.409 e. The van der Waals surface area contributed by atoms with E-state index in [2.05, 4.69) is 33.8 Å². The van der Waals surface area contributed by atoms with Crippen molar-refractivity contribution in [2.45, 2.75) is 32.9 Å². The van der Waals surface area contributed by atoms with Crippen LogP contribution in [-0.2, 0) is 6.54 Å². The van der Waals surface area contributed by atoms with Crippen LogP contribution in [0.1, 0.15) is 31.5 Å². The summed E-state index contributed by atoms with van der Waals surface area (Å²) in [7, 11) is 0. The standard InChI is InChI=1S/C15H25N5O/c1-3-20(4-2)13-6-8-19(11-13)10-12-5-7-17-14(9-12)15(16)18-21/h5,7,9,13,21H,3-4,6,8,10-11H2,1-2H3,(H2,16,18). The predicted molar refractivity (Wildman–Crippen MR) is 83.4 cm³/mol. The molecule has 6 heteroatoms. The molecule has 2 rings (SSSR count). The topological polar surface area (TPSA) is 78.0 Å². The van der Waals surface area contributed by atoms with Crippen LogP contribution in [0.3, 0.4) is 0 Å². The maximum atomic E-state index is 8.72. The summed E-state index contributed by atoms with van der Waals surface area (Å²) in [6.45, 7) is 9.75. The van der Waals surface area contributed by atoms with Gasteiger partial charge in [0.1, 0.15) is 5.69 Å². The monoisotopic (exact) mass is 291 g/mol. The maximum Gasteiger partial charge on any atom is 0.188 e. The average molecular weight is 291 g/mol. The lowest BCUT2D eigenvalue weighted by atomic mass is 10.2. The second-order valence-electron chi connectivity index (χ2n) is 5.43. The number of hydrogen-bond acceptors (Lipinski definition) is 5. The normalized spacial score (nSPS) is 20.3. The molecule has 2 heterocycles. The third kappa shape index (κ3) is 3.92. The van der Waals surface area contributed by atoms with E-state index in [1.54, 1.807) is 6.20 Å². The first kappa shape index (κ1) is 15.7. The lowest BCUT2D eigenvalue weighted by Crippen LogP contribution is -2.37. The molecule has 116 valence electrons. The molecule has 1 saturated heterocycles. The van der Waals surface area contributed by atoms with Crippen molar-refractivity contribution < 1.29 is 5.21 Å². The van der Waals surface area contributed by atoms with E-state index in [0.29, 0.717) is 11.7 Å². The molecular weight excluding hydrogens is 266 g/mol. The van der Waals surface area contributed by atoms with Crippen molar-refractivity contribution in [2.75, 3.05) is 26.2 Å². The Kier molecular flexibility index (Phi) is 5.52. The molecule has 1 fully saturated rings. The van der Waals surface area contributed by atoms with Crippen molar-refractivity contribution in [1.29, 1.82) is 0 Å². The van der Waals surface area contributed by atoms with Crippen LogP contribution in [0, 0.1) is 0 Å². The number of likely N-dealkylation sites (tertiary alicyclic amines) is 1. The largest absolute Gasteiger partial charge is 0.409 e. The van der Waals surface area contributed by atoms with E-state index < -0.39 is 0 Å². The van der Waals surface area contributed by atoms with Gasteiger partial charge in [0, 0.05) is 31.9 Å². The fraction of sp³-hybridized carbons (Fsp3) is 0.600. The number of nitrogens with two attached hydrogens (primary N) is 1. The quantitative estimate of drug-likeness (QED) is 0.355. The van der Waals surface area contributed by atoms with Gasteiger partial charge in [0.25, 0.3) is 0 Å². The summed E-state index contributed by atoms with van der Waals surface area (Å²) in [5, 5.41) is 11.7. The van der Waals surface area contributed by atoms with Crippen molar-refractivity contribution in [3.05, 3.63) is 29.6 Å². The van der Waals surface area contributed by atoms with Crippen LogP contribution < -0.4 is 5.73 Å². The Morgan fingerprint density at radius 1 is 1.52 bits per heavy atom. The molecule has 21 heavy (non-hydrogen) atoms. The van der Waals surface area contributed by atoms with Gasteiger partial charge in [-0.2, -0.15) is 0 Å². The summed E-state index contributed by atoms with van der Waals surface area (Å²) in [5.74, 6) is 0.0549. The molecule has 3 N–H and O–H groups in total. The van der Waals surface area contributed by atoms with Crippen molar-refractivity contribution in [3.8, 4) is 0 Å². The zero-order valence-electron chi connectivity index (χ0n) is 12.9. The molecule has 1 unspecified atom stereocenters. The maximum absolute atomic E-state index is 8.72. The molecule has 6 nitrogen and oxygen atoms in total. The van der Waals surface area contributed by atoms with E-state index in [9.17, 15) is 0 Å². The highest BCUT2D eigenvalue weighted by atomic mass is 16.4. The van der Waals surface area contributed by atoms with Crippen LogP contribution in [-0.4, -0.2) is 58.0 Å². The zero-order valence-corrected chi connectivity index (χ0v) is 12.9. The Morgan fingerprint density at radius 3 is 2.95 bits per heavy atom. The van der Waals surface area contributed by atoms with Gasteiger partial charge in [0.2, 0.25) is 0 Å². The number of amidine groups is 1. The Bertz CT molecular complexity index is 487. The van der Waals surface area contributed by atoms with Crippen LogP contribution >= 0.6 is 0 Å². The smallest absolute Gasteiger partial charge is 0.188 e. The molecule has 1 aliphatic heterocycles. The molecule has 0 aliphatic carbocycles. The number of oxime groups is 1. The Hall–Kier alpha value is -1.66. The van der Waals surface area contributed by atoms with Gasteiger partial charge in [0.05, 0.1) is 0 Å². The van der Waals surface area contributed by atoms with Gasteiger partial charge in [-0.1, -0.05) is 19.0 Å². The van der Waals surface area contributed by atoms with Crippen LogP contribution in [0.4, 0.5) is 0 Å². The molecule has 0 saturated carbocycles. The molecule has 1 aliphatic rings. The van der Waals surface area contributed by atoms with Gasteiger partial charge >= 0.3 is 0 Å². The summed E-state index contributed by atoms with van der Waals surface area (Å²) in [4.78, 5) is 9.09. The minimum atomic E-state index is 0.0549. The van der Waals surface area contributed by atoms with Crippen LogP contribution in [0.5, 0.6) is 0 Å². The number of rotatable bonds is 6. The summed E-state index contributed by atoms with van der Waals surface area (Å²) in [6.07, 6.45) is 2.93. The van der Waals surface area contributed by atoms with E-state index in [1.807, 2.05) is 12.1 Å². The van der Waals surface area contributed by atoms with Gasteiger partial charge in [0.15, 0.2) is 5.84 Å². The minimum absolute atomic E-state index is 0.0549. The van der Waals surface area contributed by atoms with Gasteiger partial charge in [-0.05, 0) is 37.2 Å². The third-order valence-corrected chi connectivity index (χ3v) is 4.18. The Morgan fingerprint density at radius 2 is 2.29 bits per heavy atom. The number of pyridine rings is 1. The lowest BCUT2D eigenvalue weighted by molar-refractivity contribution is 0.209. The molecule has 0 bridgehead atoms. The highest BCUT2D eigenvalue weighted by molar-refractivity contribution is 5.95. The van der Waals surface area contributed by atoms with Crippen molar-refractivity contribution in [3.63, 3.8) is 0 Å². The van der Waals surface area contributed by atoms with E-state index in [0.717, 1.165) is 38.3 Å². The average Bonchev–Trinajstić information content (AvgIpc) is 2.96. The summed E-state index contributed by atoms with van der Waals surface area (Å²) < 4.78 is 0. The van der Waals surface area contributed by atoms with E-state index in [4.69, 9.17) is 10.9 Å². The molecule has 1 aromatic heterocycles. The van der Waals surface area contributed by atoms with E-state index in [-0.39, 0.29) is 5.84 Å². The molecule has 0 aromatic carbocycles. The molecule has 0 spiro atoms. The summed E-state index contributed by atoms with van der Waals surface area (Å²) in [5.41, 5.74) is 7.25. The Balaban J connectivity index is 1.97. The SMILES string of the molecule is CCN(CC)C1CCN(Cc2ccnc(C(N)=NO)c2)C1. The van der Waals surface area contributed by atoms with Gasteiger partial charge in [-0.3, -0.25) is 14.8 Å². The zero-order chi connectivity index (χ0) is 15.2. The van der Waals surface area contributed by atoms with E-state index >= 15 is 0 Å². The number of nitrogens with zero attached hydrogens (tertiary/aromatic N) is 4. The molecule has 0 radical (unpaired) electrons. The van der Waals surface area contributed by atoms with Gasteiger partial charge in [-0.15, -0.1) is 0 Å². The highest BCUT2D eigenvalue weighted by Crippen LogP contribution is 2.18. The third-order valence-electron chi connectivity index (χ3n) is 4.18.